The van der Waals surface area contributed by atoms with E-state index in [4.69, 9.17) is 0 Å². The third-order valence-corrected chi connectivity index (χ3v) is 6.66. The molecule has 1 amide bonds. The summed E-state index contributed by atoms with van der Waals surface area (Å²) >= 11 is 0. The normalized spacial score (nSPS) is 30.7. The highest BCUT2D eigenvalue weighted by molar-refractivity contribution is 5.89. The first-order valence-electron chi connectivity index (χ1n) is 10.4. The number of carbonyl (C=O) groups excluding carboxylic acids is 1. The molecule has 2 aliphatic heterocycles. The third-order valence-electron chi connectivity index (χ3n) is 6.66. The maximum atomic E-state index is 13.3. The summed E-state index contributed by atoms with van der Waals surface area (Å²) in [5, 5.41) is 13.5. The maximum absolute atomic E-state index is 13.3. The largest absolute Gasteiger partial charge is 0.366 e. The average molecular weight is 377 g/mol. The molecule has 3 aliphatic rings. The second kappa shape index (κ2) is 6.90. The number of nitrogens with zero attached hydrogens (tertiary/aromatic N) is 2. The van der Waals surface area contributed by atoms with Crippen molar-refractivity contribution in [1.29, 1.82) is 0 Å². The minimum Gasteiger partial charge on any atom is -0.366 e. The van der Waals surface area contributed by atoms with Gasteiger partial charge >= 0.3 is 0 Å². The number of rotatable bonds is 3. The number of amides is 1. The SMILES string of the molecule is O=C1N(C2CCCCC2)C[C@@H]2[C@@H](c3ccccc3)N(c3ccccc3)N[C@]12O. The summed E-state index contributed by atoms with van der Waals surface area (Å²) < 4.78 is 0. The molecule has 0 aromatic heterocycles. The molecule has 0 bridgehead atoms. The molecule has 5 heteroatoms. The number of hydrogen-bond donors (Lipinski definition) is 2. The van der Waals surface area contributed by atoms with Crippen molar-refractivity contribution in [3.8, 4) is 0 Å². The number of likely N-dealkylation sites (tertiary alicyclic amines) is 1. The molecule has 2 aromatic rings. The summed E-state index contributed by atoms with van der Waals surface area (Å²) in [7, 11) is 0. The molecular formula is C23H27N3O2. The molecule has 0 spiro atoms. The van der Waals surface area contributed by atoms with Gasteiger partial charge in [0.05, 0.1) is 17.6 Å². The summed E-state index contributed by atoms with van der Waals surface area (Å²) in [4.78, 5) is 15.3. The van der Waals surface area contributed by atoms with Crippen LogP contribution in [0.25, 0.3) is 0 Å². The van der Waals surface area contributed by atoms with Gasteiger partial charge in [-0.2, -0.15) is 5.43 Å². The Kier molecular flexibility index (Phi) is 4.37. The molecule has 0 unspecified atom stereocenters. The topological polar surface area (TPSA) is 55.8 Å². The number of para-hydroxylation sites is 1. The van der Waals surface area contributed by atoms with E-state index in [1.165, 1.54) is 19.3 Å². The number of nitrogens with one attached hydrogen (secondary N) is 1. The Morgan fingerprint density at radius 1 is 0.929 bits per heavy atom. The Hall–Kier alpha value is -2.37. The van der Waals surface area contributed by atoms with Crippen LogP contribution in [0.2, 0.25) is 0 Å². The van der Waals surface area contributed by atoms with Gasteiger partial charge < -0.3 is 10.0 Å². The molecule has 3 fully saturated rings. The van der Waals surface area contributed by atoms with Gasteiger partial charge in [0.25, 0.3) is 5.91 Å². The van der Waals surface area contributed by atoms with Gasteiger partial charge in [0.1, 0.15) is 0 Å². The first-order chi connectivity index (χ1) is 13.7. The average Bonchev–Trinajstić information content (AvgIpc) is 3.19. The van der Waals surface area contributed by atoms with Gasteiger partial charge in [-0.15, -0.1) is 0 Å². The monoisotopic (exact) mass is 377 g/mol. The summed E-state index contributed by atoms with van der Waals surface area (Å²) in [6, 6.07) is 20.3. The van der Waals surface area contributed by atoms with Crippen LogP contribution < -0.4 is 10.4 Å². The molecule has 146 valence electrons. The van der Waals surface area contributed by atoms with Crippen LogP contribution >= 0.6 is 0 Å². The molecule has 2 heterocycles. The van der Waals surface area contributed by atoms with Gasteiger partial charge in [-0.05, 0) is 30.5 Å². The molecule has 2 N–H and O–H groups in total. The second-order valence-electron chi connectivity index (χ2n) is 8.30. The fourth-order valence-corrected chi connectivity index (χ4v) is 5.25. The van der Waals surface area contributed by atoms with Crippen molar-refractivity contribution in [1.82, 2.24) is 10.3 Å². The zero-order chi connectivity index (χ0) is 19.1. The van der Waals surface area contributed by atoms with E-state index in [1.807, 2.05) is 58.4 Å². The van der Waals surface area contributed by atoms with E-state index in [-0.39, 0.29) is 23.9 Å². The molecule has 1 aliphatic carbocycles. The number of carbonyl (C=O) groups is 1. The number of fused-ring (bicyclic) bond motifs is 1. The number of anilines is 1. The van der Waals surface area contributed by atoms with Crippen LogP contribution in [0.15, 0.2) is 60.7 Å². The van der Waals surface area contributed by atoms with E-state index in [9.17, 15) is 9.90 Å². The Bertz CT molecular complexity index is 837. The van der Waals surface area contributed by atoms with Crippen LogP contribution in [0.3, 0.4) is 0 Å². The molecule has 0 radical (unpaired) electrons. The molecule has 5 nitrogen and oxygen atoms in total. The fourth-order valence-electron chi connectivity index (χ4n) is 5.25. The highest BCUT2D eigenvalue weighted by Gasteiger charge is 2.63. The quantitative estimate of drug-likeness (QED) is 0.862. The maximum Gasteiger partial charge on any atom is 0.272 e. The van der Waals surface area contributed by atoms with Gasteiger partial charge in [-0.1, -0.05) is 67.8 Å². The molecule has 28 heavy (non-hydrogen) atoms. The number of hydrogen-bond acceptors (Lipinski definition) is 4. The van der Waals surface area contributed by atoms with Gasteiger partial charge in [-0.25, -0.2) is 0 Å². The Morgan fingerprint density at radius 3 is 2.25 bits per heavy atom. The zero-order valence-electron chi connectivity index (χ0n) is 16.0. The molecule has 2 saturated heterocycles. The number of hydrazine groups is 1. The van der Waals surface area contributed by atoms with E-state index in [2.05, 4.69) is 17.6 Å². The molecule has 1 saturated carbocycles. The first-order valence-corrected chi connectivity index (χ1v) is 10.4. The summed E-state index contributed by atoms with van der Waals surface area (Å²) in [6.45, 7) is 0.593. The smallest absolute Gasteiger partial charge is 0.272 e. The second-order valence-corrected chi connectivity index (χ2v) is 8.30. The summed E-state index contributed by atoms with van der Waals surface area (Å²) in [5.74, 6) is -0.381. The van der Waals surface area contributed by atoms with Crippen LogP contribution in [0, 0.1) is 5.92 Å². The van der Waals surface area contributed by atoms with Crippen molar-refractivity contribution in [2.75, 3.05) is 11.6 Å². The van der Waals surface area contributed by atoms with Crippen molar-refractivity contribution in [3.05, 3.63) is 66.2 Å². The number of aliphatic hydroxyl groups is 1. The van der Waals surface area contributed by atoms with Gasteiger partial charge in [0.15, 0.2) is 0 Å². The van der Waals surface area contributed by atoms with Crippen molar-refractivity contribution in [2.45, 2.75) is 49.9 Å². The lowest BCUT2D eigenvalue weighted by Crippen LogP contribution is -2.55. The molecular weight excluding hydrogens is 350 g/mol. The lowest BCUT2D eigenvalue weighted by molar-refractivity contribution is -0.148. The Labute approximate surface area is 165 Å². The molecule has 2 aromatic carbocycles. The predicted octanol–water partition coefficient (Wildman–Crippen LogP) is 3.23. The minimum atomic E-state index is -1.55. The van der Waals surface area contributed by atoms with Crippen molar-refractivity contribution in [3.63, 3.8) is 0 Å². The lowest BCUT2D eigenvalue weighted by atomic mass is 9.88. The first kappa shape index (κ1) is 17.7. The summed E-state index contributed by atoms with van der Waals surface area (Å²) in [6.07, 6.45) is 5.69. The van der Waals surface area contributed by atoms with Crippen molar-refractivity contribution in [2.24, 2.45) is 5.92 Å². The van der Waals surface area contributed by atoms with Crippen LogP contribution in [0.5, 0.6) is 0 Å². The lowest BCUT2D eigenvalue weighted by Gasteiger charge is -2.35. The summed E-state index contributed by atoms with van der Waals surface area (Å²) in [5.41, 5.74) is 3.73. The van der Waals surface area contributed by atoms with E-state index >= 15 is 0 Å². The fraction of sp³-hybridized carbons (Fsp3) is 0.435. The third kappa shape index (κ3) is 2.73. The van der Waals surface area contributed by atoms with Crippen molar-refractivity contribution >= 4 is 11.6 Å². The predicted molar refractivity (Wildman–Crippen MR) is 108 cm³/mol. The van der Waals surface area contributed by atoms with E-state index < -0.39 is 5.72 Å². The molecule has 3 atom stereocenters. The standard InChI is InChI=1S/C23H27N3O2/c27-22-23(28)20(16-25(22)18-12-6-2-7-13-18)21(17-10-4-1-5-11-17)26(24-23)19-14-8-3-9-15-19/h1,3-5,8-11,14-15,18,20-21,24,28H,2,6-7,12-13,16H2/t20-,21-,23-/m1/s1. The van der Waals surface area contributed by atoms with Crippen LogP contribution in [-0.2, 0) is 4.79 Å². The van der Waals surface area contributed by atoms with Crippen LogP contribution in [-0.4, -0.2) is 34.2 Å². The Balaban J connectivity index is 1.53. The van der Waals surface area contributed by atoms with Crippen molar-refractivity contribution < 1.29 is 9.90 Å². The molecule has 5 rings (SSSR count). The van der Waals surface area contributed by atoms with Gasteiger partial charge in [0, 0.05) is 12.6 Å². The van der Waals surface area contributed by atoms with Gasteiger partial charge in [0.2, 0.25) is 5.72 Å². The van der Waals surface area contributed by atoms with Crippen LogP contribution in [0.4, 0.5) is 5.69 Å². The van der Waals surface area contributed by atoms with Crippen LogP contribution in [0.1, 0.15) is 43.7 Å². The highest BCUT2D eigenvalue weighted by atomic mass is 16.3. The zero-order valence-corrected chi connectivity index (χ0v) is 16.0. The Morgan fingerprint density at radius 2 is 1.57 bits per heavy atom. The number of benzene rings is 2. The highest BCUT2D eigenvalue weighted by Crippen LogP contribution is 2.48. The van der Waals surface area contributed by atoms with E-state index in [1.54, 1.807) is 0 Å². The minimum absolute atomic E-state index is 0.105. The van der Waals surface area contributed by atoms with Gasteiger partial charge in [-0.3, -0.25) is 9.80 Å². The van der Waals surface area contributed by atoms with E-state index in [0.29, 0.717) is 6.54 Å². The van der Waals surface area contributed by atoms with E-state index in [0.717, 1.165) is 24.1 Å².